The maximum Gasteiger partial charge on any atom is 0.292 e. The highest BCUT2D eigenvalue weighted by atomic mass is 79.9. The third kappa shape index (κ3) is 4.38. The first kappa shape index (κ1) is 19.6. The summed E-state index contributed by atoms with van der Waals surface area (Å²) >= 11 is 21.8. The second kappa shape index (κ2) is 8.23. The minimum Gasteiger partial charge on any atom is -0.292 e. The van der Waals surface area contributed by atoms with Gasteiger partial charge in [-0.25, -0.2) is 0 Å². The second-order valence-electron chi connectivity index (χ2n) is 5.36. The zero-order chi connectivity index (χ0) is 18.8. The first-order valence-electron chi connectivity index (χ1n) is 7.34. The van der Waals surface area contributed by atoms with Gasteiger partial charge in [0.1, 0.15) is 4.99 Å². The van der Waals surface area contributed by atoms with E-state index in [4.69, 9.17) is 35.4 Å². The van der Waals surface area contributed by atoms with Crippen molar-refractivity contribution in [1.29, 1.82) is 0 Å². The van der Waals surface area contributed by atoms with Crippen LogP contribution in [-0.2, 0) is 0 Å². The largest absolute Gasteiger partial charge is 0.292 e. The first-order valence-corrected chi connectivity index (χ1v) is 10.1. The van der Waals surface area contributed by atoms with Crippen molar-refractivity contribution < 1.29 is 9.59 Å². The molecule has 1 aliphatic rings. The van der Waals surface area contributed by atoms with Crippen molar-refractivity contribution in [2.45, 2.75) is 0 Å². The summed E-state index contributed by atoms with van der Waals surface area (Å²) in [6.07, 6.45) is 1.73. The number of nitrogens with zero attached hydrogens (tertiary/aromatic N) is 1. The Morgan fingerprint density at radius 1 is 1.19 bits per heavy atom. The Bertz CT molecular complexity index is 945. The summed E-state index contributed by atoms with van der Waals surface area (Å²) in [6.45, 7) is -0.0992. The van der Waals surface area contributed by atoms with Crippen molar-refractivity contribution in [2.75, 3.05) is 6.54 Å². The lowest BCUT2D eigenvalue weighted by molar-refractivity contribution is 0.0973. The van der Waals surface area contributed by atoms with Crippen LogP contribution in [0.1, 0.15) is 15.9 Å². The van der Waals surface area contributed by atoms with Crippen LogP contribution in [-0.4, -0.2) is 27.5 Å². The number of thiocarbonyl (C=S) groups is 1. The van der Waals surface area contributed by atoms with Gasteiger partial charge in [0.25, 0.3) is 5.24 Å². The van der Waals surface area contributed by atoms with E-state index in [0.29, 0.717) is 31.1 Å². The van der Waals surface area contributed by atoms with Crippen LogP contribution < -0.4 is 0 Å². The molecule has 2 aromatic carbocycles. The molecule has 0 bridgehead atoms. The van der Waals surface area contributed by atoms with Crippen molar-refractivity contribution in [3.8, 4) is 0 Å². The van der Waals surface area contributed by atoms with Gasteiger partial charge in [-0.05, 0) is 47.7 Å². The molecule has 0 radical (unpaired) electrons. The van der Waals surface area contributed by atoms with E-state index < -0.39 is 0 Å². The van der Waals surface area contributed by atoms with Gasteiger partial charge in [-0.2, -0.15) is 0 Å². The lowest BCUT2D eigenvalue weighted by Gasteiger charge is -2.13. The molecule has 3 nitrogen and oxygen atoms in total. The van der Waals surface area contributed by atoms with Crippen molar-refractivity contribution in [2.24, 2.45) is 0 Å². The molecule has 8 heteroatoms. The molecule has 0 aromatic heterocycles. The number of amides is 1. The molecule has 1 heterocycles. The maximum atomic E-state index is 12.4. The Kier molecular flexibility index (Phi) is 6.20. The topological polar surface area (TPSA) is 37.4 Å². The molecule has 1 amide bonds. The molecule has 0 atom stereocenters. The highest BCUT2D eigenvalue weighted by Crippen LogP contribution is 2.35. The summed E-state index contributed by atoms with van der Waals surface area (Å²) in [5.41, 5.74) is 1.22. The average Bonchev–Trinajstić information content (AvgIpc) is 2.85. The highest BCUT2D eigenvalue weighted by Gasteiger charge is 2.33. The number of carbonyl (C=O) groups is 2. The van der Waals surface area contributed by atoms with Crippen molar-refractivity contribution >= 4 is 85.2 Å². The van der Waals surface area contributed by atoms with Crippen LogP contribution in [0.3, 0.4) is 0 Å². The van der Waals surface area contributed by atoms with Gasteiger partial charge in [-0.15, -0.1) is 0 Å². The molecule has 3 rings (SSSR count). The number of ketones is 1. The summed E-state index contributed by atoms with van der Waals surface area (Å²) in [4.78, 5) is 26.9. The number of thioether (sulfide) groups is 1. The zero-order valence-electron chi connectivity index (χ0n) is 13.0. The number of hydrogen-bond donors (Lipinski definition) is 0. The fourth-order valence-corrected chi connectivity index (χ4v) is 4.22. The smallest absolute Gasteiger partial charge is 0.292 e. The van der Waals surface area contributed by atoms with E-state index in [1.54, 1.807) is 48.5 Å². The molecule has 132 valence electrons. The highest BCUT2D eigenvalue weighted by molar-refractivity contribution is 9.10. The van der Waals surface area contributed by atoms with Gasteiger partial charge < -0.3 is 0 Å². The molecule has 0 saturated carbocycles. The Labute approximate surface area is 178 Å². The number of carbonyl (C=O) groups excluding carboxylic acids is 2. The summed E-state index contributed by atoms with van der Waals surface area (Å²) in [5, 5.41) is 0.707. The van der Waals surface area contributed by atoms with Gasteiger partial charge in [0.15, 0.2) is 5.78 Å². The minimum absolute atomic E-state index is 0.0992. The Hall–Kier alpha value is -1.18. The molecule has 0 aliphatic carbocycles. The fourth-order valence-electron chi connectivity index (χ4n) is 2.27. The van der Waals surface area contributed by atoms with Crippen LogP contribution in [0.15, 0.2) is 51.8 Å². The summed E-state index contributed by atoms with van der Waals surface area (Å²) < 4.78 is 0.877. The summed E-state index contributed by atoms with van der Waals surface area (Å²) in [5.74, 6) is -0.181. The van der Waals surface area contributed by atoms with Crippen LogP contribution in [0.2, 0.25) is 10.0 Å². The Balaban J connectivity index is 1.79. The molecule has 0 unspecified atom stereocenters. The average molecular weight is 487 g/mol. The number of benzene rings is 2. The van der Waals surface area contributed by atoms with Crippen molar-refractivity contribution in [3.05, 3.63) is 73.0 Å². The van der Waals surface area contributed by atoms with Gasteiger partial charge in [0.2, 0.25) is 0 Å². The maximum absolute atomic E-state index is 12.4. The standard InChI is InChI=1S/C18H10BrCl2NO2S2/c19-12-4-1-10(2-5-12)15(23)9-22-17(25)16(26-18(22)24)7-11-3-6-13(20)8-14(11)21/h1-8H,9H2/b16-7+. The van der Waals surface area contributed by atoms with Crippen LogP contribution >= 0.6 is 63.1 Å². The summed E-state index contributed by atoms with van der Waals surface area (Å²) in [6, 6.07) is 12.0. The first-order chi connectivity index (χ1) is 12.3. The number of rotatable bonds is 4. The van der Waals surface area contributed by atoms with Gasteiger partial charge in [-0.3, -0.25) is 14.5 Å². The molecule has 2 aromatic rings. The quantitative estimate of drug-likeness (QED) is 0.281. The third-order valence-corrected chi connectivity index (χ3v) is 6.18. The minimum atomic E-state index is -0.281. The van der Waals surface area contributed by atoms with E-state index in [9.17, 15) is 9.59 Å². The predicted octanol–water partition coefficient (Wildman–Crippen LogP) is 6.48. The Morgan fingerprint density at radius 3 is 2.54 bits per heavy atom. The number of halogens is 3. The second-order valence-corrected chi connectivity index (χ2v) is 8.50. The van der Waals surface area contributed by atoms with E-state index in [0.717, 1.165) is 16.2 Å². The predicted molar refractivity (Wildman–Crippen MR) is 115 cm³/mol. The molecule has 26 heavy (non-hydrogen) atoms. The van der Waals surface area contributed by atoms with E-state index in [2.05, 4.69) is 15.9 Å². The van der Waals surface area contributed by atoms with Gasteiger partial charge >= 0.3 is 0 Å². The van der Waals surface area contributed by atoms with Gasteiger partial charge in [-0.1, -0.05) is 69.5 Å². The van der Waals surface area contributed by atoms with Crippen LogP contribution in [0.5, 0.6) is 0 Å². The van der Waals surface area contributed by atoms with Crippen LogP contribution in [0.25, 0.3) is 6.08 Å². The monoisotopic (exact) mass is 485 g/mol. The van der Waals surface area contributed by atoms with E-state index in [1.807, 2.05) is 0 Å². The molecule has 0 spiro atoms. The van der Waals surface area contributed by atoms with E-state index in [1.165, 1.54) is 4.90 Å². The van der Waals surface area contributed by atoms with Crippen molar-refractivity contribution in [1.82, 2.24) is 4.90 Å². The molecular weight excluding hydrogens is 477 g/mol. The van der Waals surface area contributed by atoms with Crippen molar-refractivity contribution in [3.63, 3.8) is 0 Å². The molecule has 1 fully saturated rings. The molecule has 0 N–H and O–H groups in total. The molecule has 1 aliphatic heterocycles. The normalized spacial score (nSPS) is 15.8. The molecular formula is C18H10BrCl2NO2S2. The summed E-state index contributed by atoms with van der Waals surface area (Å²) in [7, 11) is 0. The lowest BCUT2D eigenvalue weighted by atomic mass is 10.1. The fraction of sp³-hybridized carbons (Fsp3) is 0.0556. The van der Waals surface area contributed by atoms with E-state index in [-0.39, 0.29) is 17.6 Å². The van der Waals surface area contributed by atoms with Gasteiger partial charge in [0, 0.05) is 20.1 Å². The Morgan fingerprint density at radius 2 is 1.88 bits per heavy atom. The van der Waals surface area contributed by atoms with Crippen LogP contribution in [0, 0.1) is 0 Å². The van der Waals surface area contributed by atoms with Gasteiger partial charge in [0.05, 0.1) is 11.4 Å². The molecule has 1 saturated heterocycles. The van der Waals surface area contributed by atoms with Crippen LogP contribution in [0.4, 0.5) is 4.79 Å². The third-order valence-electron chi connectivity index (χ3n) is 3.59. The number of hydrogen-bond acceptors (Lipinski definition) is 4. The number of Topliss-reactive ketones (excluding diaryl/α,β-unsaturated/α-hetero) is 1. The zero-order valence-corrected chi connectivity index (χ0v) is 17.8. The lowest BCUT2D eigenvalue weighted by Crippen LogP contribution is -2.32. The SMILES string of the molecule is O=C(CN1C(=O)S/C(=C/c2ccc(Cl)cc2Cl)C1=S)c1ccc(Br)cc1. The van der Waals surface area contributed by atoms with E-state index >= 15 is 0 Å².